The molecule has 3 heterocycles. The molecule has 0 amide bonds. The summed E-state index contributed by atoms with van der Waals surface area (Å²) in [4.78, 5) is 10.9. The average molecular weight is 464 g/mol. The Morgan fingerprint density at radius 2 is 1.85 bits per heavy atom. The Hall–Kier alpha value is -3.67. The van der Waals surface area contributed by atoms with Crippen LogP contribution in [0.5, 0.6) is 11.5 Å². The van der Waals surface area contributed by atoms with Gasteiger partial charge in [-0.15, -0.1) is 0 Å². The van der Waals surface area contributed by atoms with Crippen molar-refractivity contribution in [2.24, 2.45) is 16.5 Å². The van der Waals surface area contributed by atoms with Gasteiger partial charge in [-0.05, 0) is 48.6 Å². The molecule has 1 atom stereocenters. The molecular weight excluding hydrogens is 447 g/mol. The number of guanidine groups is 1. The van der Waals surface area contributed by atoms with Crippen molar-refractivity contribution in [1.29, 1.82) is 0 Å². The highest BCUT2D eigenvalue weighted by molar-refractivity contribution is 5.87. The Balaban J connectivity index is 1.54. The molecule has 2 aliphatic rings. The number of nitrogens with two attached hydrogens (primary N) is 2. The fourth-order valence-corrected chi connectivity index (χ4v) is 3.80. The molecule has 33 heavy (non-hydrogen) atoms. The molecule has 5 rings (SSSR count). The predicted octanol–water partition coefficient (Wildman–Crippen LogP) is 3.99. The lowest BCUT2D eigenvalue weighted by atomic mass is 9.97. The molecule has 1 fully saturated rings. The summed E-state index contributed by atoms with van der Waals surface area (Å²) in [6.45, 7) is 0. The molecule has 0 radical (unpaired) electrons. The standard InChI is InChI=1S/C21H17F5N6O/c22-12-5-10(20(28)7-15(21(24,25)26)31-19(27)32-20)6-13(23)17(12)33-14-3-4-29-18-16(14)11(8-30-18)9-1-2-9/h3-9H,1-2,28H2,(H,29,30)(H3,27,31,32). The van der Waals surface area contributed by atoms with Gasteiger partial charge in [-0.3, -0.25) is 5.73 Å². The van der Waals surface area contributed by atoms with Crippen LogP contribution in [-0.2, 0) is 5.66 Å². The van der Waals surface area contributed by atoms with Gasteiger partial charge in [0.2, 0.25) is 0 Å². The first kappa shape index (κ1) is 21.2. The number of rotatable bonds is 4. The average Bonchev–Trinajstić information content (AvgIpc) is 3.48. The van der Waals surface area contributed by atoms with Crippen molar-refractivity contribution < 1.29 is 26.7 Å². The van der Waals surface area contributed by atoms with Gasteiger partial charge >= 0.3 is 6.18 Å². The van der Waals surface area contributed by atoms with Gasteiger partial charge in [-0.1, -0.05) is 0 Å². The minimum Gasteiger partial charge on any atom is -0.450 e. The second-order valence-electron chi connectivity index (χ2n) is 7.93. The van der Waals surface area contributed by atoms with Gasteiger partial charge in [0.25, 0.3) is 0 Å². The minimum absolute atomic E-state index is 0.194. The maximum Gasteiger partial charge on any atom is 0.431 e. The van der Waals surface area contributed by atoms with E-state index in [4.69, 9.17) is 16.2 Å². The summed E-state index contributed by atoms with van der Waals surface area (Å²) in [6, 6.07) is 3.01. The zero-order valence-corrected chi connectivity index (χ0v) is 16.8. The van der Waals surface area contributed by atoms with Crippen molar-refractivity contribution in [3.63, 3.8) is 0 Å². The molecule has 1 unspecified atom stereocenters. The van der Waals surface area contributed by atoms with Crippen molar-refractivity contribution in [2.75, 3.05) is 0 Å². The third-order valence-corrected chi connectivity index (χ3v) is 5.49. The van der Waals surface area contributed by atoms with Crippen LogP contribution < -0.4 is 21.5 Å². The number of aromatic nitrogens is 2. The number of nitrogens with one attached hydrogen (secondary N) is 2. The van der Waals surface area contributed by atoms with Gasteiger partial charge in [0, 0.05) is 18.0 Å². The van der Waals surface area contributed by atoms with Gasteiger partial charge in [0.15, 0.2) is 29.0 Å². The fraction of sp³-hybridized carbons (Fsp3) is 0.238. The first-order chi connectivity index (χ1) is 15.5. The number of ether oxygens (including phenoxy) is 1. The number of aromatic amines is 1. The van der Waals surface area contributed by atoms with Gasteiger partial charge in [0.1, 0.15) is 17.1 Å². The zero-order valence-electron chi connectivity index (χ0n) is 16.8. The molecule has 0 spiro atoms. The van der Waals surface area contributed by atoms with Crippen molar-refractivity contribution in [3.05, 3.63) is 65.1 Å². The van der Waals surface area contributed by atoms with Crippen molar-refractivity contribution in [3.8, 4) is 11.5 Å². The monoisotopic (exact) mass is 464 g/mol. The smallest absolute Gasteiger partial charge is 0.431 e. The third kappa shape index (κ3) is 3.75. The van der Waals surface area contributed by atoms with Crippen LogP contribution >= 0.6 is 0 Å². The molecule has 1 saturated carbocycles. The molecule has 7 nitrogen and oxygen atoms in total. The van der Waals surface area contributed by atoms with E-state index in [2.05, 4.69) is 15.0 Å². The van der Waals surface area contributed by atoms with Crippen LogP contribution in [0.15, 0.2) is 47.4 Å². The maximum atomic E-state index is 15.0. The Morgan fingerprint density at radius 3 is 2.48 bits per heavy atom. The molecule has 0 bridgehead atoms. The Labute approximate surface area is 183 Å². The van der Waals surface area contributed by atoms with Crippen LogP contribution in [-0.4, -0.2) is 22.1 Å². The highest BCUT2D eigenvalue weighted by atomic mass is 19.4. The number of hydrogen-bond donors (Lipinski definition) is 4. The summed E-state index contributed by atoms with van der Waals surface area (Å²) >= 11 is 0. The lowest BCUT2D eigenvalue weighted by Gasteiger charge is -2.29. The molecule has 172 valence electrons. The quantitative estimate of drug-likeness (QED) is 0.436. The second kappa shape index (κ2) is 7.17. The number of alkyl halides is 3. The largest absolute Gasteiger partial charge is 0.450 e. The molecule has 1 aliphatic carbocycles. The van der Waals surface area contributed by atoms with Crippen LogP contribution in [0.25, 0.3) is 11.0 Å². The number of fused-ring (bicyclic) bond motifs is 1. The van der Waals surface area contributed by atoms with Gasteiger partial charge in [0.05, 0.1) is 5.39 Å². The Morgan fingerprint density at radius 1 is 1.15 bits per heavy atom. The predicted molar refractivity (Wildman–Crippen MR) is 109 cm³/mol. The van der Waals surface area contributed by atoms with Crippen LogP contribution in [0.1, 0.15) is 29.9 Å². The highest BCUT2D eigenvalue weighted by Crippen LogP contribution is 2.46. The topological polar surface area (TPSA) is 114 Å². The maximum absolute atomic E-state index is 15.0. The van der Waals surface area contributed by atoms with Crippen molar-refractivity contribution in [2.45, 2.75) is 30.6 Å². The molecule has 12 heteroatoms. The number of pyridine rings is 1. The first-order valence-corrected chi connectivity index (χ1v) is 9.90. The lowest BCUT2D eigenvalue weighted by Crippen LogP contribution is -2.47. The fourth-order valence-electron chi connectivity index (χ4n) is 3.80. The molecule has 1 aromatic carbocycles. The number of H-pyrrole nitrogens is 1. The van der Waals surface area contributed by atoms with E-state index in [0.29, 0.717) is 23.0 Å². The zero-order chi connectivity index (χ0) is 23.5. The number of allylic oxidation sites excluding steroid dienone is 1. The molecule has 1 aliphatic heterocycles. The summed E-state index contributed by atoms with van der Waals surface area (Å²) in [5.41, 5.74) is 8.91. The number of benzene rings is 1. The van der Waals surface area contributed by atoms with E-state index < -0.39 is 40.9 Å². The van der Waals surface area contributed by atoms with Gasteiger partial charge in [-0.2, -0.15) is 13.2 Å². The number of halogens is 5. The summed E-state index contributed by atoms with van der Waals surface area (Å²) in [6.07, 6.45) is 0.882. The van der Waals surface area contributed by atoms with E-state index in [0.717, 1.165) is 30.5 Å². The normalized spacial score (nSPS) is 20.9. The highest BCUT2D eigenvalue weighted by Gasteiger charge is 2.41. The van der Waals surface area contributed by atoms with Crippen LogP contribution in [0.2, 0.25) is 0 Å². The molecule has 6 N–H and O–H groups in total. The second-order valence-corrected chi connectivity index (χ2v) is 7.93. The summed E-state index contributed by atoms with van der Waals surface area (Å²) in [7, 11) is 0. The molecular formula is C21H17F5N6O. The molecule has 0 saturated heterocycles. The number of nitrogens with zero attached hydrogens (tertiary/aromatic N) is 2. The third-order valence-electron chi connectivity index (χ3n) is 5.49. The number of aliphatic imine (C=N–C) groups is 1. The van der Waals surface area contributed by atoms with Crippen molar-refractivity contribution in [1.82, 2.24) is 15.3 Å². The SMILES string of the molecule is NC1=NC(N)(c2cc(F)c(Oc3ccnc4[nH]cc(C5CC5)c34)c(F)c2)C=C(C(F)(F)F)N1. The van der Waals surface area contributed by atoms with E-state index in [-0.39, 0.29) is 11.3 Å². The summed E-state index contributed by atoms with van der Waals surface area (Å²) in [5, 5.41) is 2.47. The minimum atomic E-state index is -4.83. The summed E-state index contributed by atoms with van der Waals surface area (Å²) < 4.78 is 75.0. The van der Waals surface area contributed by atoms with E-state index in [1.54, 1.807) is 6.20 Å². The Bertz CT molecular complexity index is 1300. The number of hydrogen-bond acceptors (Lipinski definition) is 6. The Kier molecular flexibility index (Phi) is 4.60. The lowest BCUT2D eigenvalue weighted by molar-refractivity contribution is -0.0959. The van der Waals surface area contributed by atoms with Crippen LogP contribution in [0.4, 0.5) is 22.0 Å². The van der Waals surface area contributed by atoms with E-state index >= 15 is 0 Å². The first-order valence-electron chi connectivity index (χ1n) is 9.90. The molecule has 2 aromatic heterocycles. The van der Waals surface area contributed by atoms with Gasteiger partial charge in [-0.25, -0.2) is 18.8 Å². The van der Waals surface area contributed by atoms with Crippen LogP contribution in [0, 0.1) is 11.6 Å². The van der Waals surface area contributed by atoms with Gasteiger partial charge < -0.3 is 20.8 Å². The van der Waals surface area contributed by atoms with E-state index in [9.17, 15) is 22.0 Å². The van der Waals surface area contributed by atoms with Crippen LogP contribution in [0.3, 0.4) is 0 Å². The van der Waals surface area contributed by atoms with E-state index in [1.165, 1.54) is 12.3 Å². The summed E-state index contributed by atoms with van der Waals surface area (Å²) in [5.74, 6) is -3.21. The van der Waals surface area contributed by atoms with E-state index in [1.807, 2.05) is 5.32 Å². The van der Waals surface area contributed by atoms with Crippen molar-refractivity contribution >= 4 is 17.0 Å². The molecule has 3 aromatic rings.